The lowest BCUT2D eigenvalue weighted by molar-refractivity contribution is -0.158. The summed E-state index contributed by atoms with van der Waals surface area (Å²) in [5.74, 6) is 2.88. The van der Waals surface area contributed by atoms with E-state index in [2.05, 4.69) is 88.3 Å². The molecule has 0 saturated carbocycles. The van der Waals surface area contributed by atoms with Crippen molar-refractivity contribution >= 4 is 8.32 Å². The second-order valence-corrected chi connectivity index (χ2v) is 18.5. The number of methoxy groups -OCH3 is 1. The van der Waals surface area contributed by atoms with Crippen LogP contribution in [0.5, 0.6) is 5.75 Å². The minimum absolute atomic E-state index is 0.00468. The van der Waals surface area contributed by atoms with Crippen molar-refractivity contribution in [2.75, 3.05) is 20.3 Å². The first-order chi connectivity index (χ1) is 20.8. The van der Waals surface area contributed by atoms with Gasteiger partial charge in [-0.3, -0.25) is 0 Å². The van der Waals surface area contributed by atoms with Crippen LogP contribution in [0.3, 0.4) is 0 Å². The third kappa shape index (κ3) is 6.97. The van der Waals surface area contributed by atoms with Crippen LogP contribution in [-0.4, -0.2) is 58.3 Å². The standard InChI is InChI=1S/C37H46O6Si/c1-10-31(43-44(8,9)35(2,3)4)33-34(42-36(5,6)41-33)37(25-40-37)24-39-32(28-14-12-11-13-15-28)29-18-16-26(17-19-29)27-20-22-30(38-7)23-21-27/h1,11-23,31-34H,24-25H2,2-9H3/t31-,32-,33-,34-,37+/m0/s1. The van der Waals surface area contributed by atoms with Crippen LogP contribution in [0.2, 0.25) is 18.1 Å². The molecule has 0 unspecified atom stereocenters. The summed E-state index contributed by atoms with van der Waals surface area (Å²) in [5, 5.41) is -0.00468. The van der Waals surface area contributed by atoms with Crippen LogP contribution in [0.1, 0.15) is 51.8 Å². The number of benzene rings is 3. The zero-order valence-corrected chi connectivity index (χ0v) is 28.3. The monoisotopic (exact) mass is 614 g/mol. The lowest BCUT2D eigenvalue weighted by Gasteiger charge is -2.40. The number of rotatable bonds is 11. The van der Waals surface area contributed by atoms with E-state index in [4.69, 9.17) is 34.5 Å². The second kappa shape index (κ2) is 12.4. The number of terminal acetylenes is 1. The molecule has 3 aromatic carbocycles. The van der Waals surface area contributed by atoms with E-state index in [1.807, 2.05) is 44.2 Å². The molecular weight excluding hydrogens is 568 g/mol. The van der Waals surface area contributed by atoms with Gasteiger partial charge in [-0.25, -0.2) is 0 Å². The van der Waals surface area contributed by atoms with Crippen molar-refractivity contribution in [2.45, 2.75) is 88.6 Å². The quantitative estimate of drug-likeness (QED) is 0.125. The summed E-state index contributed by atoms with van der Waals surface area (Å²) in [6.45, 7) is 15.6. The molecule has 0 amide bonds. The Kier molecular flexibility index (Phi) is 9.17. The van der Waals surface area contributed by atoms with Gasteiger partial charge in [0, 0.05) is 0 Å². The van der Waals surface area contributed by atoms with Crippen LogP contribution in [-0.2, 0) is 23.4 Å². The maximum absolute atomic E-state index is 6.75. The Balaban J connectivity index is 1.38. The van der Waals surface area contributed by atoms with E-state index in [-0.39, 0.29) is 11.1 Å². The molecule has 0 radical (unpaired) electrons. The van der Waals surface area contributed by atoms with Crippen molar-refractivity contribution in [3.8, 4) is 29.2 Å². The molecule has 0 N–H and O–H groups in total. The Labute approximate surface area is 264 Å². The molecule has 0 bridgehead atoms. The van der Waals surface area contributed by atoms with Gasteiger partial charge in [-0.05, 0) is 66.4 Å². The predicted octanol–water partition coefficient (Wildman–Crippen LogP) is 7.78. The summed E-state index contributed by atoms with van der Waals surface area (Å²) < 4.78 is 37.9. The maximum Gasteiger partial charge on any atom is 0.193 e. The fourth-order valence-electron chi connectivity index (χ4n) is 5.40. The zero-order valence-electron chi connectivity index (χ0n) is 27.3. The van der Waals surface area contributed by atoms with Gasteiger partial charge >= 0.3 is 0 Å². The van der Waals surface area contributed by atoms with E-state index < -0.39 is 38.0 Å². The largest absolute Gasteiger partial charge is 0.497 e. The van der Waals surface area contributed by atoms with Crippen LogP contribution in [0.25, 0.3) is 11.1 Å². The highest BCUT2D eigenvalue weighted by molar-refractivity contribution is 6.74. The van der Waals surface area contributed by atoms with Crippen LogP contribution in [0, 0.1) is 12.3 Å². The maximum atomic E-state index is 6.75. The third-order valence-electron chi connectivity index (χ3n) is 9.09. The molecule has 5 atom stereocenters. The van der Waals surface area contributed by atoms with E-state index in [0.29, 0.717) is 13.2 Å². The molecule has 2 fully saturated rings. The molecule has 0 aromatic heterocycles. The first kappa shape index (κ1) is 32.4. The Morgan fingerprint density at radius 2 is 1.48 bits per heavy atom. The molecular formula is C37H46O6Si. The van der Waals surface area contributed by atoms with Gasteiger partial charge in [0.1, 0.15) is 35.8 Å². The van der Waals surface area contributed by atoms with Crippen LogP contribution in [0.15, 0.2) is 78.9 Å². The topological polar surface area (TPSA) is 58.7 Å². The lowest BCUT2D eigenvalue weighted by Crippen LogP contribution is -2.52. The highest BCUT2D eigenvalue weighted by atomic mass is 28.4. The van der Waals surface area contributed by atoms with Crippen molar-refractivity contribution < 1.29 is 28.1 Å². The van der Waals surface area contributed by atoms with Gasteiger partial charge in [-0.1, -0.05) is 93.4 Å². The van der Waals surface area contributed by atoms with Crippen molar-refractivity contribution in [3.05, 3.63) is 90.0 Å². The van der Waals surface area contributed by atoms with Gasteiger partial charge in [-0.15, -0.1) is 6.42 Å². The Hall–Kier alpha value is -2.96. The van der Waals surface area contributed by atoms with Crippen molar-refractivity contribution in [2.24, 2.45) is 0 Å². The minimum Gasteiger partial charge on any atom is -0.497 e. The zero-order chi connectivity index (χ0) is 31.8. The van der Waals surface area contributed by atoms with Crippen LogP contribution >= 0.6 is 0 Å². The van der Waals surface area contributed by atoms with E-state index in [0.717, 1.165) is 28.0 Å². The minimum atomic E-state index is -2.19. The van der Waals surface area contributed by atoms with Gasteiger partial charge < -0.3 is 28.1 Å². The summed E-state index contributed by atoms with van der Waals surface area (Å²) in [6.07, 6.45) is 4.28. The SMILES string of the molecule is C#C[C@H](O[Si](C)(C)C(C)(C)C)[C@@H]1OC(C)(C)O[C@@H]1[C@@]1(CO[C@@H](c2ccccc2)c2ccc(-c3ccc(OC)cc3)cc2)CO1. The van der Waals surface area contributed by atoms with Crippen molar-refractivity contribution in [1.29, 1.82) is 0 Å². The van der Waals surface area contributed by atoms with E-state index in [1.165, 1.54) is 0 Å². The number of ether oxygens (including phenoxy) is 5. The summed E-state index contributed by atoms with van der Waals surface area (Å²) >= 11 is 0. The summed E-state index contributed by atoms with van der Waals surface area (Å²) in [7, 11) is -0.512. The van der Waals surface area contributed by atoms with Gasteiger partial charge in [-0.2, -0.15) is 0 Å². The lowest BCUT2D eigenvalue weighted by atomic mass is 9.95. The predicted molar refractivity (Wildman–Crippen MR) is 176 cm³/mol. The number of hydrogen-bond donors (Lipinski definition) is 0. The van der Waals surface area contributed by atoms with Gasteiger partial charge in [0.15, 0.2) is 14.1 Å². The molecule has 6 nitrogen and oxygen atoms in total. The molecule has 3 aromatic rings. The smallest absolute Gasteiger partial charge is 0.193 e. The molecule has 0 aliphatic carbocycles. The molecule has 2 heterocycles. The number of hydrogen-bond acceptors (Lipinski definition) is 6. The summed E-state index contributed by atoms with van der Waals surface area (Å²) in [5.41, 5.74) is 3.65. The molecule has 2 saturated heterocycles. The van der Waals surface area contributed by atoms with Crippen molar-refractivity contribution in [1.82, 2.24) is 0 Å². The fourth-order valence-corrected chi connectivity index (χ4v) is 6.59. The Morgan fingerprint density at radius 3 is 2.00 bits per heavy atom. The highest BCUT2D eigenvalue weighted by Crippen LogP contribution is 2.46. The Morgan fingerprint density at radius 1 is 0.909 bits per heavy atom. The van der Waals surface area contributed by atoms with Gasteiger partial charge in [0.05, 0.1) is 20.3 Å². The molecule has 7 heteroatoms. The van der Waals surface area contributed by atoms with E-state index in [1.54, 1.807) is 7.11 Å². The fraction of sp³-hybridized carbons (Fsp3) is 0.459. The van der Waals surface area contributed by atoms with Gasteiger partial charge in [0.2, 0.25) is 0 Å². The molecule has 44 heavy (non-hydrogen) atoms. The van der Waals surface area contributed by atoms with E-state index in [9.17, 15) is 0 Å². The summed E-state index contributed by atoms with van der Waals surface area (Å²) in [4.78, 5) is 0. The average molecular weight is 615 g/mol. The second-order valence-electron chi connectivity index (χ2n) is 13.8. The first-order valence-electron chi connectivity index (χ1n) is 15.3. The summed E-state index contributed by atoms with van der Waals surface area (Å²) in [6, 6.07) is 26.8. The highest BCUT2D eigenvalue weighted by Gasteiger charge is 2.63. The molecule has 5 rings (SSSR count). The Bertz CT molecular complexity index is 1430. The first-order valence-corrected chi connectivity index (χ1v) is 18.2. The van der Waals surface area contributed by atoms with Crippen molar-refractivity contribution in [3.63, 3.8) is 0 Å². The van der Waals surface area contributed by atoms with E-state index >= 15 is 0 Å². The molecule has 234 valence electrons. The third-order valence-corrected chi connectivity index (χ3v) is 13.5. The normalized spacial score (nSPS) is 24.3. The molecule has 0 spiro atoms. The van der Waals surface area contributed by atoms with Crippen LogP contribution in [0.4, 0.5) is 0 Å². The molecule has 2 aliphatic heterocycles. The van der Waals surface area contributed by atoms with Gasteiger partial charge in [0.25, 0.3) is 0 Å². The molecule has 2 aliphatic rings. The van der Waals surface area contributed by atoms with Crippen LogP contribution < -0.4 is 4.74 Å². The average Bonchev–Trinajstić information content (AvgIpc) is 3.71. The number of epoxide rings is 1.